The maximum absolute atomic E-state index is 11.3. The Bertz CT molecular complexity index is 612. The first-order chi connectivity index (χ1) is 11.7. The lowest BCUT2D eigenvalue weighted by Gasteiger charge is -2.36. The van der Waals surface area contributed by atoms with Crippen LogP contribution in [-0.4, -0.2) is 60.9 Å². The molecule has 0 bridgehead atoms. The van der Waals surface area contributed by atoms with Crippen LogP contribution < -0.4 is 9.64 Å². The van der Waals surface area contributed by atoms with Gasteiger partial charge in [0.1, 0.15) is 5.75 Å². The van der Waals surface area contributed by atoms with E-state index in [9.17, 15) is 4.79 Å². The third-order valence-electron chi connectivity index (χ3n) is 4.71. The van der Waals surface area contributed by atoms with Crippen molar-refractivity contribution in [3.05, 3.63) is 24.3 Å². The highest BCUT2D eigenvalue weighted by Crippen LogP contribution is 2.27. The molecule has 1 fully saturated rings. The fourth-order valence-corrected chi connectivity index (χ4v) is 4.20. The fourth-order valence-electron chi connectivity index (χ4n) is 3.25. The molecule has 1 saturated heterocycles. The predicted molar refractivity (Wildman–Crippen MR) is 101 cm³/mol. The van der Waals surface area contributed by atoms with Crippen LogP contribution in [-0.2, 0) is 0 Å². The first kappa shape index (κ1) is 17.3. The van der Waals surface area contributed by atoms with Gasteiger partial charge in [-0.05, 0) is 38.4 Å². The summed E-state index contributed by atoms with van der Waals surface area (Å²) in [4.78, 5) is 20.2. The summed E-state index contributed by atoms with van der Waals surface area (Å²) in [7, 11) is 1.71. The van der Waals surface area contributed by atoms with Crippen LogP contribution in [0.1, 0.15) is 19.8 Å². The average molecular weight is 347 g/mol. The van der Waals surface area contributed by atoms with E-state index in [1.54, 1.807) is 7.11 Å². The van der Waals surface area contributed by atoms with Gasteiger partial charge < -0.3 is 9.64 Å². The molecule has 6 heteroatoms. The Hall–Kier alpha value is -1.53. The van der Waals surface area contributed by atoms with Gasteiger partial charge in [0, 0.05) is 43.6 Å². The molecule has 0 radical (unpaired) electrons. The number of ether oxygens (including phenoxy) is 1. The van der Waals surface area contributed by atoms with E-state index in [-0.39, 0.29) is 5.24 Å². The Morgan fingerprint density at radius 2 is 2.08 bits per heavy atom. The zero-order chi connectivity index (χ0) is 16.9. The molecule has 24 heavy (non-hydrogen) atoms. The van der Waals surface area contributed by atoms with Gasteiger partial charge in [0.2, 0.25) is 0 Å². The number of anilines is 1. The maximum Gasteiger partial charge on any atom is 0.305 e. The Kier molecular flexibility index (Phi) is 5.79. The van der Waals surface area contributed by atoms with Crippen molar-refractivity contribution in [2.24, 2.45) is 4.99 Å². The number of nitrogens with zero attached hydrogens (tertiary/aromatic N) is 3. The normalized spacial score (nSPS) is 21.9. The molecule has 0 N–H and O–H groups in total. The molecule has 0 aromatic heterocycles. The van der Waals surface area contributed by atoms with Crippen LogP contribution in [0, 0.1) is 0 Å². The summed E-state index contributed by atoms with van der Waals surface area (Å²) < 4.78 is 5.31. The van der Waals surface area contributed by atoms with Crippen LogP contribution in [0.5, 0.6) is 5.75 Å². The lowest BCUT2D eigenvalue weighted by Crippen LogP contribution is -2.46. The number of thioether (sulfide) groups is 1. The number of aliphatic imine (C=N–C) groups is 1. The Balaban J connectivity index is 1.41. The van der Waals surface area contributed by atoms with Gasteiger partial charge in [-0.1, -0.05) is 17.8 Å². The first-order valence-electron chi connectivity index (χ1n) is 8.53. The highest BCUT2D eigenvalue weighted by atomic mass is 32.2. The number of amides is 1. The van der Waals surface area contributed by atoms with Crippen molar-refractivity contribution >= 4 is 28.4 Å². The first-order valence-corrected chi connectivity index (χ1v) is 9.41. The summed E-state index contributed by atoms with van der Waals surface area (Å²) in [5.41, 5.74) is 2.23. The molecule has 1 aromatic rings. The topological polar surface area (TPSA) is 45.1 Å². The van der Waals surface area contributed by atoms with Crippen molar-refractivity contribution in [3.63, 3.8) is 0 Å². The Morgan fingerprint density at radius 1 is 1.29 bits per heavy atom. The van der Waals surface area contributed by atoms with E-state index in [4.69, 9.17) is 4.74 Å². The molecule has 5 nitrogen and oxygen atoms in total. The van der Waals surface area contributed by atoms with Gasteiger partial charge >= 0.3 is 5.24 Å². The van der Waals surface area contributed by atoms with Crippen molar-refractivity contribution in [1.29, 1.82) is 0 Å². The van der Waals surface area contributed by atoms with Gasteiger partial charge in [0.05, 0.1) is 12.4 Å². The van der Waals surface area contributed by atoms with Crippen molar-refractivity contribution in [2.45, 2.75) is 25.0 Å². The summed E-state index contributed by atoms with van der Waals surface area (Å²) >= 11 is 1.38. The number of hydrogen-bond acceptors (Lipinski definition) is 5. The minimum Gasteiger partial charge on any atom is -0.497 e. The maximum atomic E-state index is 11.3. The SMILES string of the molecule is COc1cccc(N2CCN(CCCC3SC(=O)N=C3C)CC2)c1. The van der Waals surface area contributed by atoms with Gasteiger partial charge in [-0.3, -0.25) is 9.69 Å². The summed E-state index contributed by atoms with van der Waals surface area (Å²) in [6.45, 7) is 7.33. The molecule has 1 unspecified atom stereocenters. The number of benzene rings is 1. The molecular weight excluding hydrogens is 322 g/mol. The molecule has 1 atom stereocenters. The smallest absolute Gasteiger partial charge is 0.305 e. The minimum atomic E-state index is -0.0237. The van der Waals surface area contributed by atoms with E-state index in [1.807, 2.05) is 19.1 Å². The number of hydrogen-bond donors (Lipinski definition) is 0. The summed E-state index contributed by atoms with van der Waals surface area (Å²) in [6.07, 6.45) is 2.17. The van der Waals surface area contributed by atoms with Crippen molar-refractivity contribution in [2.75, 3.05) is 44.7 Å². The number of carbonyl (C=O) groups excluding carboxylic acids is 1. The molecule has 0 spiro atoms. The number of methoxy groups -OCH3 is 1. The summed E-state index contributed by atoms with van der Waals surface area (Å²) in [5, 5.41) is 0.278. The second-order valence-electron chi connectivity index (χ2n) is 6.30. The van der Waals surface area contributed by atoms with Gasteiger partial charge in [-0.15, -0.1) is 0 Å². The van der Waals surface area contributed by atoms with Gasteiger partial charge in [0.25, 0.3) is 0 Å². The molecule has 2 aliphatic heterocycles. The molecule has 1 amide bonds. The average Bonchev–Trinajstić information content (AvgIpc) is 2.93. The minimum absolute atomic E-state index is 0.0237. The van der Waals surface area contributed by atoms with Crippen LogP contribution in [0.2, 0.25) is 0 Å². The Labute approximate surface area is 148 Å². The second kappa shape index (κ2) is 8.03. The highest BCUT2D eigenvalue weighted by Gasteiger charge is 2.24. The third kappa shape index (κ3) is 4.30. The zero-order valence-electron chi connectivity index (χ0n) is 14.4. The summed E-state index contributed by atoms with van der Waals surface area (Å²) in [6, 6.07) is 8.28. The highest BCUT2D eigenvalue weighted by molar-refractivity contribution is 8.15. The lowest BCUT2D eigenvalue weighted by atomic mass is 10.1. The van der Waals surface area contributed by atoms with E-state index in [0.29, 0.717) is 5.25 Å². The fraction of sp³-hybridized carbons (Fsp3) is 0.556. The molecule has 2 heterocycles. The third-order valence-corrected chi connectivity index (χ3v) is 5.86. The van der Waals surface area contributed by atoms with Crippen molar-refractivity contribution < 1.29 is 9.53 Å². The van der Waals surface area contributed by atoms with Crippen molar-refractivity contribution in [1.82, 2.24) is 4.90 Å². The standard InChI is InChI=1S/C18H25N3O2S/c1-14-17(24-18(22)19-14)7-4-8-20-9-11-21(12-10-20)15-5-3-6-16(13-15)23-2/h3,5-6,13,17H,4,7-12H2,1-2H3. The van der Waals surface area contributed by atoms with E-state index in [0.717, 1.165) is 57.0 Å². The van der Waals surface area contributed by atoms with Crippen molar-refractivity contribution in [3.8, 4) is 5.75 Å². The van der Waals surface area contributed by atoms with Gasteiger partial charge in [0.15, 0.2) is 0 Å². The Morgan fingerprint density at radius 3 is 2.75 bits per heavy atom. The van der Waals surface area contributed by atoms with E-state index < -0.39 is 0 Å². The van der Waals surface area contributed by atoms with Gasteiger partial charge in [-0.2, -0.15) is 0 Å². The van der Waals surface area contributed by atoms with Crippen LogP contribution in [0.3, 0.4) is 0 Å². The van der Waals surface area contributed by atoms with Gasteiger partial charge in [-0.25, -0.2) is 4.99 Å². The zero-order valence-corrected chi connectivity index (χ0v) is 15.2. The quantitative estimate of drug-likeness (QED) is 0.790. The van der Waals surface area contributed by atoms with Crippen LogP contribution in [0.25, 0.3) is 0 Å². The molecule has 3 rings (SSSR count). The number of piperazine rings is 1. The van der Waals surface area contributed by atoms with E-state index >= 15 is 0 Å². The second-order valence-corrected chi connectivity index (χ2v) is 7.45. The molecule has 2 aliphatic rings. The van der Waals surface area contributed by atoms with Crippen LogP contribution in [0.15, 0.2) is 29.3 Å². The predicted octanol–water partition coefficient (Wildman–Crippen LogP) is 3.29. The molecule has 1 aromatic carbocycles. The molecule has 130 valence electrons. The number of carbonyl (C=O) groups is 1. The molecule has 0 saturated carbocycles. The van der Waals surface area contributed by atoms with Crippen LogP contribution >= 0.6 is 11.8 Å². The molecular formula is C18H25N3O2S. The largest absolute Gasteiger partial charge is 0.497 e. The molecule has 0 aliphatic carbocycles. The van der Waals surface area contributed by atoms with E-state index in [2.05, 4.69) is 26.9 Å². The van der Waals surface area contributed by atoms with Crippen LogP contribution in [0.4, 0.5) is 10.5 Å². The number of rotatable bonds is 6. The monoisotopic (exact) mass is 347 g/mol. The lowest BCUT2D eigenvalue weighted by molar-refractivity contribution is 0.253. The summed E-state index contributed by atoms with van der Waals surface area (Å²) in [5.74, 6) is 0.913. The van der Waals surface area contributed by atoms with E-state index in [1.165, 1.54) is 17.4 Å².